The topological polar surface area (TPSA) is 65.1 Å². The first-order chi connectivity index (χ1) is 11.0. The zero-order chi connectivity index (χ0) is 16.6. The number of esters is 1. The fourth-order valence-electron chi connectivity index (χ4n) is 2.94. The van der Waals surface area contributed by atoms with Crippen molar-refractivity contribution in [2.45, 2.75) is 38.0 Å². The molecule has 0 aromatic heterocycles. The molecule has 0 saturated heterocycles. The highest BCUT2D eigenvalue weighted by atomic mass is 16.5. The average Bonchev–Trinajstić information content (AvgIpc) is 3.36. The molecular formula is C17H21NO5. The number of ether oxygens (including phenoxy) is 3. The van der Waals surface area contributed by atoms with Crippen LogP contribution in [0.3, 0.4) is 0 Å². The average molecular weight is 319 g/mol. The number of methoxy groups -OCH3 is 2. The van der Waals surface area contributed by atoms with Crippen molar-refractivity contribution in [2.75, 3.05) is 20.8 Å². The summed E-state index contributed by atoms with van der Waals surface area (Å²) in [6, 6.07) is 5.18. The molecule has 2 aliphatic rings. The van der Waals surface area contributed by atoms with Gasteiger partial charge in [0.25, 0.3) is 5.91 Å². The van der Waals surface area contributed by atoms with E-state index in [4.69, 9.17) is 14.2 Å². The molecule has 0 bridgehead atoms. The third-order valence-corrected chi connectivity index (χ3v) is 4.43. The SMILES string of the molecule is COC(=O)c1ccc2c(c1)O[C@H](C)CN(C(=O)C1(OC)CC1)C2. The van der Waals surface area contributed by atoms with E-state index in [9.17, 15) is 9.59 Å². The molecule has 3 rings (SSSR count). The normalized spacial score (nSPS) is 21.7. The van der Waals surface area contributed by atoms with Gasteiger partial charge < -0.3 is 19.1 Å². The molecule has 6 nitrogen and oxygen atoms in total. The maximum absolute atomic E-state index is 12.7. The number of fused-ring (bicyclic) bond motifs is 1. The molecule has 1 aliphatic heterocycles. The molecule has 1 amide bonds. The Labute approximate surface area is 135 Å². The van der Waals surface area contributed by atoms with E-state index in [-0.39, 0.29) is 12.0 Å². The first-order valence-electron chi connectivity index (χ1n) is 7.71. The summed E-state index contributed by atoms with van der Waals surface area (Å²) in [5, 5.41) is 0. The van der Waals surface area contributed by atoms with Crippen molar-refractivity contribution in [3.05, 3.63) is 29.3 Å². The van der Waals surface area contributed by atoms with Gasteiger partial charge >= 0.3 is 5.97 Å². The quantitative estimate of drug-likeness (QED) is 0.794. The Balaban J connectivity index is 1.87. The molecule has 0 radical (unpaired) electrons. The van der Waals surface area contributed by atoms with E-state index < -0.39 is 11.6 Å². The molecule has 6 heteroatoms. The van der Waals surface area contributed by atoms with Crippen LogP contribution in [0.15, 0.2) is 18.2 Å². The molecule has 1 aromatic carbocycles. The lowest BCUT2D eigenvalue weighted by atomic mass is 10.1. The summed E-state index contributed by atoms with van der Waals surface area (Å²) < 4.78 is 16.0. The van der Waals surface area contributed by atoms with Crippen LogP contribution in [0.5, 0.6) is 5.75 Å². The summed E-state index contributed by atoms with van der Waals surface area (Å²) >= 11 is 0. The summed E-state index contributed by atoms with van der Waals surface area (Å²) in [6.07, 6.45) is 1.37. The van der Waals surface area contributed by atoms with Crippen molar-refractivity contribution in [1.82, 2.24) is 4.90 Å². The Morgan fingerprint density at radius 3 is 2.65 bits per heavy atom. The molecule has 1 aliphatic carbocycles. The molecule has 1 fully saturated rings. The van der Waals surface area contributed by atoms with Crippen LogP contribution >= 0.6 is 0 Å². The van der Waals surface area contributed by atoms with Gasteiger partial charge in [-0.15, -0.1) is 0 Å². The summed E-state index contributed by atoms with van der Waals surface area (Å²) in [5.41, 5.74) is 0.673. The minimum Gasteiger partial charge on any atom is -0.488 e. The number of nitrogens with zero attached hydrogens (tertiary/aromatic N) is 1. The molecule has 1 aromatic rings. The second-order valence-electron chi connectivity index (χ2n) is 6.13. The van der Waals surface area contributed by atoms with Gasteiger partial charge in [-0.1, -0.05) is 6.07 Å². The number of benzene rings is 1. The highest BCUT2D eigenvalue weighted by molar-refractivity contribution is 5.90. The van der Waals surface area contributed by atoms with Crippen LogP contribution in [0.4, 0.5) is 0 Å². The van der Waals surface area contributed by atoms with Crippen LogP contribution in [0.2, 0.25) is 0 Å². The van der Waals surface area contributed by atoms with E-state index in [1.807, 2.05) is 13.0 Å². The molecule has 1 heterocycles. The predicted molar refractivity (Wildman–Crippen MR) is 82.3 cm³/mol. The van der Waals surface area contributed by atoms with E-state index in [0.717, 1.165) is 18.4 Å². The van der Waals surface area contributed by atoms with Gasteiger partial charge in [0.15, 0.2) is 0 Å². The lowest BCUT2D eigenvalue weighted by Crippen LogP contribution is -2.44. The zero-order valence-corrected chi connectivity index (χ0v) is 13.6. The fourth-order valence-corrected chi connectivity index (χ4v) is 2.94. The van der Waals surface area contributed by atoms with Crippen molar-refractivity contribution >= 4 is 11.9 Å². The standard InChI is InChI=1S/C17H21NO5/c1-11-9-18(16(20)17(22-3)6-7-17)10-13-5-4-12(15(19)21-2)8-14(13)23-11/h4-5,8,11H,6-7,9-10H2,1-3H3/t11-/m1/s1. The Bertz CT molecular complexity index is 638. The second kappa shape index (κ2) is 5.85. The maximum Gasteiger partial charge on any atom is 0.337 e. The lowest BCUT2D eigenvalue weighted by molar-refractivity contribution is -0.146. The summed E-state index contributed by atoms with van der Waals surface area (Å²) in [5.74, 6) is 0.232. The number of carbonyl (C=O) groups excluding carboxylic acids is 2. The Hall–Kier alpha value is -2.08. The first-order valence-corrected chi connectivity index (χ1v) is 7.71. The minimum absolute atomic E-state index is 0.0142. The number of amides is 1. The van der Waals surface area contributed by atoms with Crippen LogP contribution in [-0.4, -0.2) is 49.2 Å². The Kier molecular flexibility index (Phi) is 4.02. The van der Waals surface area contributed by atoms with Gasteiger partial charge in [0, 0.05) is 19.2 Å². The molecule has 124 valence electrons. The van der Waals surface area contributed by atoms with Gasteiger partial charge in [0.1, 0.15) is 17.5 Å². The smallest absolute Gasteiger partial charge is 0.337 e. The fraction of sp³-hybridized carbons (Fsp3) is 0.529. The lowest BCUT2D eigenvalue weighted by Gasteiger charge is -2.26. The molecule has 0 N–H and O–H groups in total. The van der Waals surface area contributed by atoms with Gasteiger partial charge in [0.2, 0.25) is 0 Å². The van der Waals surface area contributed by atoms with Gasteiger partial charge in [-0.2, -0.15) is 0 Å². The number of hydrogen-bond donors (Lipinski definition) is 0. The van der Waals surface area contributed by atoms with Crippen LogP contribution in [0, 0.1) is 0 Å². The maximum atomic E-state index is 12.7. The van der Waals surface area contributed by atoms with E-state index in [2.05, 4.69) is 0 Å². The van der Waals surface area contributed by atoms with E-state index in [1.54, 1.807) is 24.1 Å². The van der Waals surface area contributed by atoms with E-state index in [1.165, 1.54) is 7.11 Å². The number of hydrogen-bond acceptors (Lipinski definition) is 5. The summed E-state index contributed by atoms with van der Waals surface area (Å²) in [7, 11) is 2.93. The molecule has 1 atom stereocenters. The molecule has 1 saturated carbocycles. The molecule has 0 spiro atoms. The van der Waals surface area contributed by atoms with Gasteiger partial charge in [-0.05, 0) is 31.9 Å². The first kappa shape index (κ1) is 15.8. The molecular weight excluding hydrogens is 298 g/mol. The Morgan fingerprint density at radius 2 is 2.04 bits per heavy atom. The van der Waals surface area contributed by atoms with Crippen LogP contribution in [0.25, 0.3) is 0 Å². The molecule has 23 heavy (non-hydrogen) atoms. The molecule has 0 unspecified atom stereocenters. The van der Waals surface area contributed by atoms with Crippen LogP contribution in [-0.2, 0) is 20.8 Å². The minimum atomic E-state index is -0.643. The largest absolute Gasteiger partial charge is 0.488 e. The number of rotatable bonds is 3. The van der Waals surface area contributed by atoms with Crippen LogP contribution < -0.4 is 4.74 Å². The third kappa shape index (κ3) is 2.91. The van der Waals surface area contributed by atoms with E-state index >= 15 is 0 Å². The summed E-state index contributed by atoms with van der Waals surface area (Å²) in [4.78, 5) is 26.2. The van der Waals surface area contributed by atoms with Crippen LogP contribution in [0.1, 0.15) is 35.7 Å². The zero-order valence-electron chi connectivity index (χ0n) is 13.6. The number of carbonyl (C=O) groups is 2. The van der Waals surface area contributed by atoms with E-state index in [0.29, 0.717) is 24.4 Å². The Morgan fingerprint density at radius 1 is 1.30 bits per heavy atom. The van der Waals surface area contributed by atoms with Crippen molar-refractivity contribution < 1.29 is 23.8 Å². The highest BCUT2D eigenvalue weighted by Gasteiger charge is 2.52. The van der Waals surface area contributed by atoms with Crippen molar-refractivity contribution in [1.29, 1.82) is 0 Å². The highest BCUT2D eigenvalue weighted by Crippen LogP contribution is 2.41. The predicted octanol–water partition coefficient (Wildman–Crippen LogP) is 1.76. The monoisotopic (exact) mass is 319 g/mol. The van der Waals surface area contributed by atoms with Gasteiger partial charge in [-0.25, -0.2) is 4.79 Å². The van der Waals surface area contributed by atoms with Crippen molar-refractivity contribution in [3.63, 3.8) is 0 Å². The van der Waals surface area contributed by atoms with Gasteiger partial charge in [0.05, 0.1) is 19.2 Å². The third-order valence-electron chi connectivity index (χ3n) is 4.43. The summed E-state index contributed by atoms with van der Waals surface area (Å²) in [6.45, 7) is 2.85. The second-order valence-corrected chi connectivity index (χ2v) is 6.13. The van der Waals surface area contributed by atoms with Crippen molar-refractivity contribution in [3.8, 4) is 5.75 Å². The van der Waals surface area contributed by atoms with Gasteiger partial charge in [-0.3, -0.25) is 4.79 Å². The van der Waals surface area contributed by atoms with Crippen molar-refractivity contribution in [2.24, 2.45) is 0 Å².